The lowest BCUT2D eigenvalue weighted by molar-refractivity contribution is -0.140. The highest BCUT2D eigenvalue weighted by molar-refractivity contribution is 7.09. The maximum atomic E-state index is 12.6. The Hall–Kier alpha value is -2.36. The molecule has 0 atom stereocenters. The second kappa shape index (κ2) is 10.7. The summed E-state index contributed by atoms with van der Waals surface area (Å²) in [4.78, 5) is 12.1. The molecular weight excluding hydrogens is 377 g/mol. The van der Waals surface area contributed by atoms with Crippen molar-refractivity contribution in [3.63, 3.8) is 0 Å². The van der Waals surface area contributed by atoms with E-state index in [1.54, 1.807) is 6.20 Å². The number of thiazole rings is 1. The monoisotopic (exact) mass is 400 g/mol. The fourth-order valence-corrected chi connectivity index (χ4v) is 2.87. The minimum atomic E-state index is -4.41. The number of anilines is 1. The van der Waals surface area contributed by atoms with Crippen molar-refractivity contribution >= 4 is 23.1 Å². The maximum Gasteiger partial charge on any atom is 0.434 e. The number of hydrogen-bond donors (Lipinski definition) is 3. The van der Waals surface area contributed by atoms with Gasteiger partial charge in [-0.15, -0.1) is 11.3 Å². The molecule has 3 N–H and O–H groups in total. The topological polar surface area (TPSA) is 74.2 Å². The van der Waals surface area contributed by atoms with Crippen molar-refractivity contribution in [3.05, 3.63) is 40.5 Å². The SMILES string of the molecule is CCNC(=NCc1nc(C(F)(F)F)cs1)NCCCCNc1ccccn1. The third kappa shape index (κ3) is 7.81. The molecule has 2 aromatic rings. The fraction of sp³-hybridized carbons (Fsp3) is 0.471. The van der Waals surface area contributed by atoms with Crippen LogP contribution in [0.5, 0.6) is 0 Å². The minimum Gasteiger partial charge on any atom is -0.370 e. The van der Waals surface area contributed by atoms with Crippen LogP contribution in [0.1, 0.15) is 30.5 Å². The Bertz CT molecular complexity index is 702. The first-order chi connectivity index (χ1) is 13.0. The molecule has 0 aliphatic carbocycles. The molecule has 6 nitrogen and oxygen atoms in total. The van der Waals surface area contributed by atoms with Crippen LogP contribution in [0.25, 0.3) is 0 Å². The van der Waals surface area contributed by atoms with Crippen LogP contribution < -0.4 is 16.0 Å². The van der Waals surface area contributed by atoms with Crippen LogP contribution in [0.2, 0.25) is 0 Å². The Morgan fingerprint density at radius 2 is 2.00 bits per heavy atom. The average Bonchev–Trinajstić information content (AvgIpc) is 3.13. The highest BCUT2D eigenvalue weighted by Gasteiger charge is 2.33. The summed E-state index contributed by atoms with van der Waals surface area (Å²) in [6, 6.07) is 5.71. The number of halogens is 3. The van der Waals surface area contributed by atoms with E-state index in [1.807, 2.05) is 25.1 Å². The van der Waals surface area contributed by atoms with Crippen LogP contribution in [-0.4, -0.2) is 35.6 Å². The van der Waals surface area contributed by atoms with E-state index in [0.29, 0.717) is 24.1 Å². The number of hydrogen-bond acceptors (Lipinski definition) is 5. The van der Waals surface area contributed by atoms with E-state index in [4.69, 9.17) is 0 Å². The van der Waals surface area contributed by atoms with Gasteiger partial charge in [-0.05, 0) is 31.9 Å². The average molecular weight is 400 g/mol. The zero-order valence-corrected chi connectivity index (χ0v) is 15.8. The summed E-state index contributed by atoms with van der Waals surface area (Å²) >= 11 is 0.961. The van der Waals surface area contributed by atoms with E-state index in [1.165, 1.54) is 0 Å². The molecule has 2 aromatic heterocycles. The van der Waals surface area contributed by atoms with E-state index >= 15 is 0 Å². The number of nitrogens with zero attached hydrogens (tertiary/aromatic N) is 3. The summed E-state index contributed by atoms with van der Waals surface area (Å²) < 4.78 is 37.7. The van der Waals surface area contributed by atoms with Gasteiger partial charge < -0.3 is 16.0 Å². The maximum absolute atomic E-state index is 12.6. The highest BCUT2D eigenvalue weighted by Crippen LogP contribution is 2.30. The standard InChI is InChI=1S/C17H23F3N6S/c1-2-21-16(25-11-15-26-13(12-27-15)17(18,19)20)24-10-6-5-9-23-14-7-3-4-8-22-14/h3-4,7-8,12H,2,5-6,9-11H2,1H3,(H,22,23)(H2,21,24,25). The van der Waals surface area contributed by atoms with Gasteiger partial charge in [-0.25, -0.2) is 15.0 Å². The summed E-state index contributed by atoms with van der Waals surface area (Å²) in [6.45, 7) is 4.22. The van der Waals surface area contributed by atoms with E-state index in [0.717, 1.165) is 41.9 Å². The molecular formula is C17H23F3N6S. The lowest BCUT2D eigenvalue weighted by atomic mass is 10.3. The zero-order chi connectivity index (χ0) is 19.5. The number of rotatable bonds is 9. The molecule has 0 saturated heterocycles. The first kappa shape index (κ1) is 20.9. The van der Waals surface area contributed by atoms with Gasteiger partial charge in [0.1, 0.15) is 10.8 Å². The quantitative estimate of drug-likeness (QED) is 0.341. The van der Waals surface area contributed by atoms with Gasteiger partial charge in [-0.2, -0.15) is 13.2 Å². The molecule has 2 heterocycles. The summed E-state index contributed by atoms with van der Waals surface area (Å²) in [5, 5.41) is 10.8. The van der Waals surface area contributed by atoms with Crippen LogP contribution in [-0.2, 0) is 12.7 Å². The number of guanidine groups is 1. The van der Waals surface area contributed by atoms with Crippen LogP contribution in [0.4, 0.5) is 19.0 Å². The molecule has 0 radical (unpaired) electrons. The largest absolute Gasteiger partial charge is 0.434 e. The highest BCUT2D eigenvalue weighted by atomic mass is 32.1. The van der Waals surface area contributed by atoms with Crippen LogP contribution in [0, 0.1) is 0 Å². The Morgan fingerprint density at radius 3 is 2.67 bits per heavy atom. The number of aromatic nitrogens is 2. The van der Waals surface area contributed by atoms with E-state index in [2.05, 4.69) is 30.9 Å². The molecule has 2 rings (SSSR count). The van der Waals surface area contributed by atoms with Crippen molar-refractivity contribution in [3.8, 4) is 0 Å². The Balaban J connectivity index is 1.71. The van der Waals surface area contributed by atoms with Crippen molar-refractivity contribution in [1.29, 1.82) is 0 Å². The minimum absolute atomic E-state index is 0.108. The van der Waals surface area contributed by atoms with E-state index < -0.39 is 11.9 Å². The van der Waals surface area contributed by atoms with Gasteiger partial charge in [0, 0.05) is 31.2 Å². The van der Waals surface area contributed by atoms with Crippen LogP contribution >= 0.6 is 11.3 Å². The first-order valence-electron chi connectivity index (χ1n) is 8.67. The second-order valence-corrected chi connectivity index (χ2v) is 6.54. The lowest BCUT2D eigenvalue weighted by Gasteiger charge is -2.11. The number of pyridine rings is 1. The molecule has 148 valence electrons. The number of nitrogens with one attached hydrogen (secondary N) is 3. The molecule has 0 fully saturated rings. The van der Waals surface area contributed by atoms with Crippen molar-refractivity contribution < 1.29 is 13.2 Å². The Kier molecular flexibility index (Phi) is 8.31. The third-order valence-corrected chi connectivity index (χ3v) is 4.26. The molecule has 0 spiro atoms. The normalized spacial score (nSPS) is 12.1. The van der Waals surface area contributed by atoms with Crippen LogP contribution in [0.3, 0.4) is 0 Å². The van der Waals surface area contributed by atoms with Gasteiger partial charge in [0.15, 0.2) is 11.7 Å². The summed E-state index contributed by atoms with van der Waals surface area (Å²) in [7, 11) is 0. The Labute approximate surface area is 160 Å². The summed E-state index contributed by atoms with van der Waals surface area (Å²) in [5.41, 5.74) is -0.865. The summed E-state index contributed by atoms with van der Waals surface area (Å²) in [6.07, 6.45) is -0.808. The molecule has 0 saturated carbocycles. The van der Waals surface area contributed by atoms with Gasteiger partial charge in [-0.3, -0.25) is 0 Å². The van der Waals surface area contributed by atoms with E-state index in [9.17, 15) is 13.2 Å². The molecule has 0 bridgehead atoms. The van der Waals surface area contributed by atoms with Crippen molar-refractivity contribution in [2.24, 2.45) is 4.99 Å². The molecule has 27 heavy (non-hydrogen) atoms. The zero-order valence-electron chi connectivity index (χ0n) is 15.0. The van der Waals surface area contributed by atoms with Crippen molar-refractivity contribution in [2.45, 2.75) is 32.5 Å². The number of aliphatic imine (C=N–C) groups is 1. The molecule has 0 unspecified atom stereocenters. The van der Waals surface area contributed by atoms with Crippen molar-refractivity contribution in [1.82, 2.24) is 20.6 Å². The number of unbranched alkanes of at least 4 members (excludes halogenated alkanes) is 1. The second-order valence-electron chi connectivity index (χ2n) is 5.60. The molecule has 0 amide bonds. The third-order valence-electron chi connectivity index (χ3n) is 3.43. The fourth-order valence-electron chi connectivity index (χ4n) is 2.14. The first-order valence-corrected chi connectivity index (χ1v) is 9.55. The van der Waals surface area contributed by atoms with Gasteiger partial charge in [0.25, 0.3) is 0 Å². The smallest absolute Gasteiger partial charge is 0.370 e. The van der Waals surface area contributed by atoms with E-state index in [-0.39, 0.29) is 6.54 Å². The predicted molar refractivity (Wildman–Crippen MR) is 102 cm³/mol. The van der Waals surface area contributed by atoms with Gasteiger partial charge >= 0.3 is 6.18 Å². The van der Waals surface area contributed by atoms with Gasteiger partial charge in [-0.1, -0.05) is 6.07 Å². The lowest BCUT2D eigenvalue weighted by Crippen LogP contribution is -2.37. The molecule has 0 aliphatic heterocycles. The molecule has 0 aromatic carbocycles. The van der Waals surface area contributed by atoms with Crippen LogP contribution in [0.15, 0.2) is 34.8 Å². The Morgan fingerprint density at radius 1 is 1.19 bits per heavy atom. The predicted octanol–water partition coefficient (Wildman–Crippen LogP) is 3.50. The van der Waals surface area contributed by atoms with Crippen molar-refractivity contribution in [2.75, 3.05) is 25.0 Å². The number of alkyl halides is 3. The molecule has 10 heteroatoms. The van der Waals surface area contributed by atoms with Gasteiger partial charge in [0.05, 0.1) is 6.54 Å². The van der Waals surface area contributed by atoms with Gasteiger partial charge in [0.2, 0.25) is 0 Å². The molecule has 0 aliphatic rings. The summed E-state index contributed by atoms with van der Waals surface area (Å²) in [5.74, 6) is 1.42.